The highest BCUT2D eigenvalue weighted by Crippen LogP contribution is 2.60. The van der Waals surface area contributed by atoms with Gasteiger partial charge in [0.25, 0.3) is 0 Å². The van der Waals surface area contributed by atoms with Gasteiger partial charge in [-0.2, -0.15) is 0 Å². The van der Waals surface area contributed by atoms with Gasteiger partial charge in [0.1, 0.15) is 0 Å². The van der Waals surface area contributed by atoms with Gasteiger partial charge < -0.3 is 9.71 Å². The van der Waals surface area contributed by atoms with Gasteiger partial charge in [0, 0.05) is 48.5 Å². The van der Waals surface area contributed by atoms with Crippen LogP contribution in [0.3, 0.4) is 0 Å². The van der Waals surface area contributed by atoms with Crippen molar-refractivity contribution in [2.45, 2.75) is 63.7 Å². The van der Waals surface area contributed by atoms with E-state index >= 15 is 0 Å². The van der Waals surface area contributed by atoms with Crippen molar-refractivity contribution in [1.29, 1.82) is 0 Å². The van der Waals surface area contributed by atoms with Crippen molar-refractivity contribution in [2.75, 3.05) is 9.71 Å². The molecule has 9 aromatic rings. The summed E-state index contributed by atoms with van der Waals surface area (Å²) in [5, 5.41) is 2.66. The summed E-state index contributed by atoms with van der Waals surface area (Å²) in [6.07, 6.45) is 2.37. The molecule has 8 aromatic carbocycles. The minimum Gasteiger partial charge on any atom is -0.376 e. The summed E-state index contributed by atoms with van der Waals surface area (Å²) in [6.45, 7) is 12.0. The van der Waals surface area contributed by atoms with Crippen molar-refractivity contribution >= 4 is 77.7 Å². The summed E-state index contributed by atoms with van der Waals surface area (Å²) < 4.78 is 2.67. The third-order valence-corrected chi connectivity index (χ3v) is 16.3. The number of para-hydroxylation sites is 2. The lowest BCUT2D eigenvalue weighted by Gasteiger charge is -2.52. The topological polar surface area (TPSA) is 6.48 Å². The summed E-state index contributed by atoms with van der Waals surface area (Å²) in [4.78, 5) is 5.40. The Morgan fingerprint density at radius 1 is 0.500 bits per heavy atom. The first kappa shape index (κ1) is 36.3. The predicted molar refractivity (Wildman–Crippen MR) is 265 cm³/mol. The van der Waals surface area contributed by atoms with Crippen LogP contribution in [0.25, 0.3) is 31.3 Å². The number of thiophene rings is 1. The maximum atomic E-state index is 2.75. The minimum absolute atomic E-state index is 0.0666. The molecule has 0 amide bonds. The Kier molecular flexibility index (Phi) is 7.39. The van der Waals surface area contributed by atoms with E-state index in [2.05, 4.69) is 214 Å². The molecular formula is C58H47BN2S. The van der Waals surface area contributed by atoms with Gasteiger partial charge in [-0.1, -0.05) is 155 Å². The number of hydrogen-bond acceptors (Lipinski definition) is 3. The fourth-order valence-electron chi connectivity index (χ4n) is 12.2. The standard InChI is InChI=1S/C58H47BN2S/c1-36-31-43-41-35-53-42(40-21-12-15-26-52(40)62-53)34-50(41)61(39-27-28-44-47(33-39)57(4,5)30-29-56(44,2)3)59-48-24-16-23-46-55(48)60(51(32-36)54(43)59)49-25-14-13-22-45(49)58(46,37-17-8-6-9-18-37)38-19-10-7-11-20-38/h6-28,31-35H,29-30H2,1-5H3. The summed E-state index contributed by atoms with van der Waals surface area (Å²) in [7, 11) is 0. The zero-order chi connectivity index (χ0) is 41.7. The molecule has 3 aliphatic heterocycles. The smallest absolute Gasteiger partial charge is 0.333 e. The normalized spacial score (nSPS) is 17.0. The molecular weight excluding hydrogens is 768 g/mol. The summed E-state index contributed by atoms with van der Waals surface area (Å²) >= 11 is 1.92. The molecule has 0 fully saturated rings. The molecule has 298 valence electrons. The summed E-state index contributed by atoms with van der Waals surface area (Å²) in [5.41, 5.74) is 20.8. The monoisotopic (exact) mass is 814 g/mol. The lowest BCUT2D eigenvalue weighted by molar-refractivity contribution is 0.332. The Morgan fingerprint density at radius 2 is 1.18 bits per heavy atom. The first-order valence-electron chi connectivity index (χ1n) is 22.3. The second-order valence-electron chi connectivity index (χ2n) is 19.6. The van der Waals surface area contributed by atoms with Gasteiger partial charge in [0.15, 0.2) is 0 Å². The van der Waals surface area contributed by atoms with Crippen LogP contribution in [-0.2, 0) is 16.2 Å². The molecule has 13 rings (SSSR count). The van der Waals surface area contributed by atoms with Crippen LogP contribution < -0.4 is 20.6 Å². The maximum Gasteiger partial charge on any atom is 0.333 e. The molecule has 4 heterocycles. The van der Waals surface area contributed by atoms with Crippen LogP contribution in [0.2, 0.25) is 0 Å². The zero-order valence-electron chi connectivity index (χ0n) is 36.0. The largest absolute Gasteiger partial charge is 0.376 e. The number of fused-ring (bicyclic) bond motifs is 10. The van der Waals surface area contributed by atoms with Crippen molar-refractivity contribution in [1.82, 2.24) is 0 Å². The number of rotatable bonds is 3. The first-order chi connectivity index (χ1) is 30.1. The average molecular weight is 815 g/mol. The maximum absolute atomic E-state index is 2.75. The van der Waals surface area contributed by atoms with Gasteiger partial charge in [-0.15, -0.1) is 11.3 Å². The highest BCUT2D eigenvalue weighted by Gasteiger charge is 2.53. The zero-order valence-corrected chi connectivity index (χ0v) is 36.8. The molecule has 1 aliphatic carbocycles. The first-order valence-corrected chi connectivity index (χ1v) is 23.2. The molecule has 0 saturated heterocycles. The third kappa shape index (κ3) is 4.71. The quantitative estimate of drug-likeness (QED) is 0.164. The molecule has 0 radical (unpaired) electrons. The molecule has 4 heteroatoms. The van der Waals surface area contributed by atoms with Gasteiger partial charge in [0.2, 0.25) is 0 Å². The van der Waals surface area contributed by atoms with Crippen molar-refractivity contribution in [2.24, 2.45) is 0 Å². The van der Waals surface area contributed by atoms with Crippen LogP contribution in [0.4, 0.5) is 28.4 Å². The number of aryl methyl sites for hydroxylation is 1. The molecule has 62 heavy (non-hydrogen) atoms. The van der Waals surface area contributed by atoms with Crippen LogP contribution in [0.15, 0.2) is 170 Å². The number of nitrogens with zero attached hydrogens (tertiary/aromatic N) is 2. The summed E-state index contributed by atoms with van der Waals surface area (Å²) in [5.74, 6) is 0. The average Bonchev–Trinajstić information content (AvgIpc) is 3.66. The van der Waals surface area contributed by atoms with Crippen LogP contribution in [0, 0.1) is 6.92 Å². The van der Waals surface area contributed by atoms with Gasteiger partial charge in [-0.25, -0.2) is 0 Å². The molecule has 0 atom stereocenters. The molecule has 0 N–H and O–H groups in total. The van der Waals surface area contributed by atoms with Gasteiger partial charge in [-0.05, 0) is 128 Å². The van der Waals surface area contributed by atoms with Crippen molar-refractivity contribution < 1.29 is 0 Å². The molecule has 1 aromatic heterocycles. The second-order valence-corrected chi connectivity index (χ2v) is 20.6. The lowest BCUT2D eigenvalue weighted by atomic mass is 9.42. The molecule has 4 aliphatic rings. The van der Waals surface area contributed by atoms with Crippen LogP contribution >= 0.6 is 11.3 Å². The van der Waals surface area contributed by atoms with E-state index in [1.54, 1.807) is 0 Å². The molecule has 0 unspecified atom stereocenters. The lowest BCUT2D eigenvalue weighted by Crippen LogP contribution is -2.62. The van der Waals surface area contributed by atoms with Crippen LogP contribution in [0.5, 0.6) is 0 Å². The van der Waals surface area contributed by atoms with E-state index in [0.717, 1.165) is 0 Å². The third-order valence-electron chi connectivity index (χ3n) is 15.2. The van der Waals surface area contributed by atoms with Crippen molar-refractivity contribution in [3.05, 3.63) is 209 Å². The highest BCUT2D eigenvalue weighted by molar-refractivity contribution is 7.25. The van der Waals surface area contributed by atoms with Crippen molar-refractivity contribution in [3.63, 3.8) is 0 Å². The van der Waals surface area contributed by atoms with Gasteiger partial charge in [0.05, 0.1) is 11.1 Å². The van der Waals surface area contributed by atoms with Crippen LogP contribution in [0.1, 0.15) is 79.5 Å². The highest BCUT2D eigenvalue weighted by atomic mass is 32.1. The van der Waals surface area contributed by atoms with Gasteiger partial charge in [-0.3, -0.25) is 0 Å². The fraction of sp³-hybridized carbons (Fsp3) is 0.172. The van der Waals surface area contributed by atoms with Crippen molar-refractivity contribution in [3.8, 4) is 11.1 Å². The van der Waals surface area contributed by atoms with Gasteiger partial charge >= 0.3 is 6.85 Å². The Balaban J connectivity index is 1.18. The summed E-state index contributed by atoms with van der Waals surface area (Å²) in [6, 6.07) is 65.4. The number of hydrogen-bond donors (Lipinski definition) is 0. The molecule has 0 saturated carbocycles. The molecule has 2 nitrogen and oxygen atoms in total. The molecule has 0 bridgehead atoms. The number of anilines is 5. The Labute approximate surface area is 369 Å². The Hall–Kier alpha value is -6.36. The van der Waals surface area contributed by atoms with Crippen LogP contribution in [-0.4, -0.2) is 6.85 Å². The molecule has 0 spiro atoms. The van der Waals surface area contributed by atoms with E-state index < -0.39 is 5.41 Å². The van der Waals surface area contributed by atoms with E-state index in [0.29, 0.717) is 0 Å². The SMILES string of the molecule is Cc1cc2c3c(c1)N1c4ccccc4C(c4ccccc4)(c4ccccc4)c4cccc(c41)B3N(c1ccc3c(c1)C(C)(C)CCC3(C)C)c1cc3c(cc1-2)sc1ccccc13. The number of benzene rings is 8. The Morgan fingerprint density at radius 3 is 1.95 bits per heavy atom. The Bertz CT molecular complexity index is 3300. The van der Waals surface area contributed by atoms with E-state index in [1.165, 1.54) is 122 Å². The predicted octanol–water partition coefficient (Wildman–Crippen LogP) is 14.1. The minimum atomic E-state index is -0.550. The fourth-order valence-corrected chi connectivity index (χ4v) is 13.4. The second kappa shape index (κ2) is 12.6. The van der Waals surface area contributed by atoms with E-state index in [-0.39, 0.29) is 17.7 Å². The van der Waals surface area contributed by atoms with E-state index in [9.17, 15) is 0 Å². The van der Waals surface area contributed by atoms with E-state index in [4.69, 9.17) is 0 Å². The van der Waals surface area contributed by atoms with E-state index in [1.807, 2.05) is 11.3 Å².